The molecule has 0 atom stereocenters. The summed E-state index contributed by atoms with van der Waals surface area (Å²) in [5, 5.41) is 0.782. The fourth-order valence-electron chi connectivity index (χ4n) is 2.21. The Bertz CT molecular complexity index is 868. The Morgan fingerprint density at radius 1 is 1.14 bits per heavy atom. The second kappa shape index (κ2) is 5.07. The number of carbonyl (C=O) groups is 1. The van der Waals surface area contributed by atoms with Gasteiger partial charge in [-0.2, -0.15) is 0 Å². The van der Waals surface area contributed by atoms with Crippen LogP contribution in [-0.4, -0.2) is 5.78 Å². The lowest BCUT2D eigenvalue weighted by Crippen LogP contribution is -2.04. The van der Waals surface area contributed by atoms with Crippen molar-refractivity contribution in [1.29, 1.82) is 0 Å². The molecule has 2 aromatic carbocycles. The topological polar surface area (TPSA) is 30.2 Å². The van der Waals surface area contributed by atoms with E-state index in [1.54, 1.807) is 13.0 Å². The van der Waals surface area contributed by atoms with Crippen LogP contribution in [-0.2, 0) is 0 Å². The van der Waals surface area contributed by atoms with E-state index >= 15 is 0 Å². The SMILES string of the molecule is Cc1c(C(=O)c2ccc(F)cc2F)oc2cc(Br)ccc12. The van der Waals surface area contributed by atoms with Crippen LogP contribution in [0.4, 0.5) is 8.78 Å². The number of benzene rings is 2. The molecule has 106 valence electrons. The summed E-state index contributed by atoms with van der Waals surface area (Å²) in [5.74, 6) is -2.17. The van der Waals surface area contributed by atoms with E-state index in [-0.39, 0.29) is 11.3 Å². The molecule has 0 saturated carbocycles. The summed E-state index contributed by atoms with van der Waals surface area (Å²) in [4.78, 5) is 12.4. The fraction of sp³-hybridized carbons (Fsp3) is 0.0625. The molecule has 0 saturated heterocycles. The average Bonchev–Trinajstić information content (AvgIpc) is 2.75. The smallest absolute Gasteiger partial charge is 0.231 e. The minimum atomic E-state index is -0.902. The molecule has 0 unspecified atom stereocenters. The summed E-state index contributed by atoms with van der Waals surface area (Å²) in [5.41, 5.74) is 0.955. The highest BCUT2D eigenvalue weighted by Crippen LogP contribution is 2.29. The molecule has 0 spiro atoms. The number of carbonyl (C=O) groups excluding carboxylic acids is 1. The average molecular weight is 351 g/mol. The quantitative estimate of drug-likeness (QED) is 0.608. The zero-order valence-electron chi connectivity index (χ0n) is 10.9. The van der Waals surface area contributed by atoms with E-state index in [1.165, 1.54) is 0 Å². The summed E-state index contributed by atoms with van der Waals surface area (Å²) >= 11 is 3.32. The molecule has 1 heterocycles. The summed E-state index contributed by atoms with van der Waals surface area (Å²) in [6, 6.07) is 8.23. The van der Waals surface area contributed by atoms with Crippen LogP contribution >= 0.6 is 15.9 Å². The number of hydrogen-bond donors (Lipinski definition) is 0. The normalized spacial score (nSPS) is 11.0. The van der Waals surface area contributed by atoms with Gasteiger partial charge in [0.15, 0.2) is 5.76 Å². The van der Waals surface area contributed by atoms with Crippen molar-refractivity contribution in [3.05, 3.63) is 69.4 Å². The van der Waals surface area contributed by atoms with Gasteiger partial charge in [0.2, 0.25) is 5.78 Å². The van der Waals surface area contributed by atoms with Crippen LogP contribution in [0.25, 0.3) is 11.0 Å². The standard InChI is InChI=1S/C16H9BrF2O2/c1-8-11-4-2-9(17)6-14(11)21-16(8)15(20)12-5-3-10(18)7-13(12)19/h2-7H,1H3. The van der Waals surface area contributed by atoms with Crippen LogP contribution < -0.4 is 0 Å². The van der Waals surface area contributed by atoms with Crippen LogP contribution in [0.2, 0.25) is 0 Å². The number of rotatable bonds is 2. The first-order valence-corrected chi connectivity index (χ1v) is 6.95. The third kappa shape index (κ3) is 2.38. The highest BCUT2D eigenvalue weighted by molar-refractivity contribution is 9.10. The molecule has 21 heavy (non-hydrogen) atoms. The maximum Gasteiger partial charge on any atom is 0.231 e. The van der Waals surface area contributed by atoms with Crippen LogP contribution in [0.15, 0.2) is 45.3 Å². The molecular formula is C16H9BrF2O2. The molecule has 0 aliphatic heterocycles. The van der Waals surface area contributed by atoms with E-state index in [4.69, 9.17) is 4.42 Å². The van der Waals surface area contributed by atoms with Gasteiger partial charge in [0.25, 0.3) is 0 Å². The molecule has 0 bridgehead atoms. The van der Waals surface area contributed by atoms with Gasteiger partial charge >= 0.3 is 0 Å². The summed E-state index contributed by atoms with van der Waals surface area (Å²) in [6.07, 6.45) is 0. The van der Waals surface area contributed by atoms with Gasteiger partial charge in [-0.15, -0.1) is 0 Å². The van der Waals surface area contributed by atoms with Crippen molar-refractivity contribution in [3.8, 4) is 0 Å². The van der Waals surface area contributed by atoms with Gasteiger partial charge in [0.05, 0.1) is 5.56 Å². The first-order chi connectivity index (χ1) is 9.97. The second-order valence-electron chi connectivity index (χ2n) is 4.65. The Hall–Kier alpha value is -2.01. The lowest BCUT2D eigenvalue weighted by Gasteiger charge is -2.01. The molecule has 0 N–H and O–H groups in total. The first kappa shape index (κ1) is 13.9. The van der Waals surface area contributed by atoms with Crippen molar-refractivity contribution in [2.24, 2.45) is 0 Å². The monoisotopic (exact) mass is 350 g/mol. The van der Waals surface area contributed by atoms with Gasteiger partial charge < -0.3 is 4.42 Å². The van der Waals surface area contributed by atoms with E-state index in [0.717, 1.165) is 22.0 Å². The third-order valence-corrected chi connectivity index (χ3v) is 3.78. The van der Waals surface area contributed by atoms with Crippen LogP contribution in [0.1, 0.15) is 21.7 Å². The molecule has 5 heteroatoms. The minimum Gasteiger partial charge on any atom is -0.452 e. The number of hydrogen-bond acceptors (Lipinski definition) is 2. The number of halogens is 3. The third-order valence-electron chi connectivity index (χ3n) is 3.28. The van der Waals surface area contributed by atoms with E-state index < -0.39 is 17.4 Å². The van der Waals surface area contributed by atoms with Gasteiger partial charge in [-0.05, 0) is 37.3 Å². The van der Waals surface area contributed by atoms with Gasteiger partial charge in [0, 0.05) is 21.5 Å². The number of aryl methyl sites for hydroxylation is 1. The minimum absolute atomic E-state index is 0.0635. The van der Waals surface area contributed by atoms with Crippen LogP contribution in [0, 0.1) is 18.6 Å². The Kier molecular flexibility index (Phi) is 3.37. The Morgan fingerprint density at radius 2 is 1.90 bits per heavy atom. The Labute approximate surface area is 127 Å². The molecule has 0 aliphatic rings. The lowest BCUT2D eigenvalue weighted by molar-refractivity contribution is 0.101. The molecule has 3 rings (SSSR count). The van der Waals surface area contributed by atoms with Crippen molar-refractivity contribution in [3.63, 3.8) is 0 Å². The van der Waals surface area contributed by atoms with Crippen molar-refractivity contribution in [1.82, 2.24) is 0 Å². The molecule has 2 nitrogen and oxygen atoms in total. The van der Waals surface area contributed by atoms with Crippen molar-refractivity contribution >= 4 is 32.7 Å². The zero-order chi connectivity index (χ0) is 15.1. The zero-order valence-corrected chi connectivity index (χ0v) is 12.5. The maximum atomic E-state index is 13.7. The maximum absolute atomic E-state index is 13.7. The van der Waals surface area contributed by atoms with Gasteiger partial charge in [-0.25, -0.2) is 8.78 Å². The summed E-state index contributed by atoms with van der Waals surface area (Å²) in [6.45, 7) is 1.73. The molecule has 0 radical (unpaired) electrons. The van der Waals surface area contributed by atoms with Crippen molar-refractivity contribution in [2.45, 2.75) is 6.92 Å². The van der Waals surface area contributed by atoms with Crippen LogP contribution in [0.5, 0.6) is 0 Å². The molecule has 0 aliphatic carbocycles. The van der Waals surface area contributed by atoms with E-state index in [0.29, 0.717) is 17.2 Å². The highest BCUT2D eigenvalue weighted by Gasteiger charge is 2.22. The molecule has 3 aromatic rings. The first-order valence-electron chi connectivity index (χ1n) is 6.16. The predicted molar refractivity (Wildman–Crippen MR) is 78.4 cm³/mol. The van der Waals surface area contributed by atoms with Gasteiger partial charge in [-0.3, -0.25) is 4.79 Å². The predicted octanol–water partition coefficient (Wildman–Crippen LogP) is 5.01. The Balaban J connectivity index is 2.15. The van der Waals surface area contributed by atoms with Crippen molar-refractivity contribution in [2.75, 3.05) is 0 Å². The van der Waals surface area contributed by atoms with Gasteiger partial charge in [-0.1, -0.05) is 15.9 Å². The Morgan fingerprint density at radius 3 is 2.62 bits per heavy atom. The number of ketones is 1. The molecule has 0 amide bonds. The van der Waals surface area contributed by atoms with E-state index in [9.17, 15) is 13.6 Å². The number of fused-ring (bicyclic) bond motifs is 1. The van der Waals surface area contributed by atoms with Crippen molar-refractivity contribution < 1.29 is 18.0 Å². The summed E-state index contributed by atoms with van der Waals surface area (Å²) in [7, 11) is 0. The molecule has 0 fully saturated rings. The molecular weight excluding hydrogens is 342 g/mol. The van der Waals surface area contributed by atoms with E-state index in [2.05, 4.69) is 15.9 Å². The van der Waals surface area contributed by atoms with E-state index in [1.807, 2.05) is 12.1 Å². The second-order valence-corrected chi connectivity index (χ2v) is 5.57. The largest absolute Gasteiger partial charge is 0.452 e. The highest BCUT2D eigenvalue weighted by atomic mass is 79.9. The summed E-state index contributed by atoms with van der Waals surface area (Å²) < 4.78 is 33.0. The fourth-order valence-corrected chi connectivity index (χ4v) is 2.55. The van der Waals surface area contributed by atoms with Gasteiger partial charge in [0.1, 0.15) is 17.2 Å². The molecule has 1 aromatic heterocycles. The van der Waals surface area contributed by atoms with Crippen LogP contribution in [0.3, 0.4) is 0 Å². The number of furan rings is 1. The lowest BCUT2D eigenvalue weighted by atomic mass is 10.0.